The highest BCUT2D eigenvalue weighted by Gasteiger charge is 2.17. The van der Waals surface area contributed by atoms with Crippen molar-refractivity contribution < 1.29 is 17.9 Å². The summed E-state index contributed by atoms with van der Waals surface area (Å²) in [5.74, 6) is 0.0828. The summed E-state index contributed by atoms with van der Waals surface area (Å²) in [7, 11) is -2.23. The van der Waals surface area contributed by atoms with Crippen LogP contribution in [-0.2, 0) is 14.8 Å². The number of ether oxygens (including phenoxy) is 1. The lowest BCUT2D eigenvalue weighted by Gasteiger charge is -2.14. The summed E-state index contributed by atoms with van der Waals surface area (Å²) in [5.41, 5.74) is 1.09. The van der Waals surface area contributed by atoms with E-state index in [2.05, 4.69) is 4.72 Å². The Labute approximate surface area is 130 Å². The van der Waals surface area contributed by atoms with Crippen LogP contribution in [-0.4, -0.2) is 21.8 Å². The minimum Gasteiger partial charge on any atom is -0.495 e. The number of methoxy groups -OCH3 is 1. The van der Waals surface area contributed by atoms with Crippen LogP contribution >= 0.6 is 0 Å². The molecular formula is C16H17NO4S. The third-order valence-electron chi connectivity index (χ3n) is 3.25. The molecule has 2 aromatic rings. The molecule has 2 rings (SSSR count). The Hall–Kier alpha value is -2.34. The van der Waals surface area contributed by atoms with E-state index in [1.54, 1.807) is 43.3 Å². The first kappa shape index (κ1) is 16.0. The predicted octanol–water partition coefficient (Wildman–Crippen LogP) is 2.80. The van der Waals surface area contributed by atoms with Gasteiger partial charge in [-0.2, -0.15) is 0 Å². The molecule has 0 spiro atoms. The minimum atomic E-state index is -3.68. The molecular weight excluding hydrogens is 302 g/mol. The molecule has 0 fully saturated rings. The molecule has 0 saturated heterocycles. The molecule has 0 amide bonds. The maximum absolute atomic E-state index is 12.3. The lowest BCUT2D eigenvalue weighted by molar-refractivity contribution is -0.108. The lowest BCUT2D eigenvalue weighted by Crippen LogP contribution is -2.13. The van der Waals surface area contributed by atoms with E-state index >= 15 is 0 Å². The van der Waals surface area contributed by atoms with Crippen molar-refractivity contribution in [3.8, 4) is 5.75 Å². The van der Waals surface area contributed by atoms with Gasteiger partial charge in [-0.25, -0.2) is 8.42 Å². The van der Waals surface area contributed by atoms with Crippen LogP contribution in [0.3, 0.4) is 0 Å². The first-order chi connectivity index (χ1) is 10.5. The molecule has 116 valence electrons. The van der Waals surface area contributed by atoms with Crippen molar-refractivity contribution in [2.45, 2.75) is 17.7 Å². The second-order valence-electron chi connectivity index (χ2n) is 4.80. The Morgan fingerprint density at radius 1 is 1.14 bits per heavy atom. The molecule has 1 N–H and O–H groups in total. The normalized spacial score (nSPS) is 12.5. The highest BCUT2D eigenvalue weighted by atomic mass is 32.2. The zero-order chi connectivity index (χ0) is 16.2. The number of anilines is 1. The van der Waals surface area contributed by atoms with Gasteiger partial charge in [-0.1, -0.05) is 31.2 Å². The Kier molecular flexibility index (Phi) is 4.82. The zero-order valence-corrected chi connectivity index (χ0v) is 13.1. The van der Waals surface area contributed by atoms with Gasteiger partial charge in [0.1, 0.15) is 12.0 Å². The molecule has 0 aliphatic heterocycles. The molecule has 0 radical (unpaired) electrons. The molecule has 22 heavy (non-hydrogen) atoms. The summed E-state index contributed by atoms with van der Waals surface area (Å²) in [4.78, 5) is 11.0. The van der Waals surface area contributed by atoms with Crippen LogP contribution in [0.2, 0.25) is 0 Å². The van der Waals surface area contributed by atoms with Crippen molar-refractivity contribution in [1.29, 1.82) is 0 Å². The number of carbonyl (C=O) groups is 1. The lowest BCUT2D eigenvalue weighted by atomic mass is 10.0. The molecule has 1 atom stereocenters. The number of carbonyl (C=O) groups excluding carboxylic acids is 1. The second-order valence-corrected chi connectivity index (χ2v) is 6.49. The number of aldehydes is 1. The van der Waals surface area contributed by atoms with Gasteiger partial charge in [0.05, 0.1) is 17.7 Å². The first-order valence-electron chi connectivity index (χ1n) is 6.69. The van der Waals surface area contributed by atoms with E-state index in [0.29, 0.717) is 11.4 Å². The third-order valence-corrected chi connectivity index (χ3v) is 4.63. The maximum atomic E-state index is 12.3. The molecule has 0 aromatic heterocycles. The third kappa shape index (κ3) is 3.46. The average Bonchev–Trinajstić information content (AvgIpc) is 2.55. The smallest absolute Gasteiger partial charge is 0.262 e. The van der Waals surface area contributed by atoms with Crippen LogP contribution < -0.4 is 9.46 Å². The number of nitrogens with one attached hydrogen (secondary N) is 1. The van der Waals surface area contributed by atoms with Crippen molar-refractivity contribution in [2.75, 3.05) is 11.8 Å². The van der Waals surface area contributed by atoms with Gasteiger partial charge in [-0.3, -0.25) is 4.72 Å². The fourth-order valence-electron chi connectivity index (χ4n) is 1.96. The standard InChI is InChI=1S/C16H17NO4S/c1-12(11-18)13-8-9-15(16(10-13)21-2)17-22(19,20)14-6-4-3-5-7-14/h3-12,17H,1-2H3. The van der Waals surface area contributed by atoms with E-state index in [-0.39, 0.29) is 10.8 Å². The molecule has 0 heterocycles. The summed E-state index contributed by atoms with van der Waals surface area (Å²) >= 11 is 0. The van der Waals surface area contributed by atoms with E-state index in [1.807, 2.05) is 0 Å². The molecule has 5 nitrogen and oxygen atoms in total. The number of hydrogen-bond acceptors (Lipinski definition) is 4. The monoisotopic (exact) mass is 319 g/mol. The number of rotatable bonds is 6. The first-order valence-corrected chi connectivity index (χ1v) is 8.17. The Morgan fingerprint density at radius 2 is 1.82 bits per heavy atom. The van der Waals surface area contributed by atoms with Crippen molar-refractivity contribution >= 4 is 22.0 Å². The van der Waals surface area contributed by atoms with Crippen LogP contribution in [0.25, 0.3) is 0 Å². The number of sulfonamides is 1. The van der Waals surface area contributed by atoms with E-state index in [9.17, 15) is 13.2 Å². The summed E-state index contributed by atoms with van der Waals surface area (Å²) in [5, 5.41) is 0. The Morgan fingerprint density at radius 3 is 2.41 bits per heavy atom. The molecule has 0 aliphatic rings. The van der Waals surface area contributed by atoms with Gasteiger partial charge >= 0.3 is 0 Å². The summed E-state index contributed by atoms with van der Waals surface area (Å²) in [6.07, 6.45) is 0.822. The van der Waals surface area contributed by atoms with Crippen LogP contribution in [0.1, 0.15) is 18.4 Å². The molecule has 1 unspecified atom stereocenters. The molecule has 2 aromatic carbocycles. The molecule has 0 bridgehead atoms. The summed E-state index contributed by atoms with van der Waals surface area (Å²) in [6.45, 7) is 1.76. The van der Waals surface area contributed by atoms with Gasteiger partial charge in [-0.15, -0.1) is 0 Å². The topological polar surface area (TPSA) is 72.5 Å². The van der Waals surface area contributed by atoms with E-state index in [1.165, 1.54) is 19.2 Å². The minimum absolute atomic E-state index is 0.169. The van der Waals surface area contributed by atoms with Crippen molar-refractivity contribution in [3.63, 3.8) is 0 Å². The average molecular weight is 319 g/mol. The molecule has 6 heteroatoms. The van der Waals surface area contributed by atoms with E-state index in [0.717, 1.165) is 11.8 Å². The van der Waals surface area contributed by atoms with Gasteiger partial charge in [0.15, 0.2) is 0 Å². The largest absolute Gasteiger partial charge is 0.495 e. The second kappa shape index (κ2) is 6.62. The van der Waals surface area contributed by atoms with Gasteiger partial charge in [0.25, 0.3) is 10.0 Å². The SMILES string of the molecule is COc1cc(C(C)C=O)ccc1NS(=O)(=O)c1ccccc1. The van der Waals surface area contributed by atoms with E-state index in [4.69, 9.17) is 4.74 Å². The van der Waals surface area contributed by atoms with Gasteiger partial charge in [0.2, 0.25) is 0 Å². The van der Waals surface area contributed by atoms with Crippen molar-refractivity contribution in [2.24, 2.45) is 0 Å². The van der Waals surface area contributed by atoms with Crippen molar-refractivity contribution in [1.82, 2.24) is 0 Å². The summed E-state index contributed by atoms with van der Waals surface area (Å²) in [6, 6.07) is 13.0. The Balaban J connectivity index is 2.35. The number of benzene rings is 2. The molecule has 0 aliphatic carbocycles. The quantitative estimate of drug-likeness (QED) is 0.831. The van der Waals surface area contributed by atoms with Crippen molar-refractivity contribution in [3.05, 3.63) is 54.1 Å². The van der Waals surface area contributed by atoms with Gasteiger partial charge in [0, 0.05) is 5.92 Å². The maximum Gasteiger partial charge on any atom is 0.262 e. The number of hydrogen-bond donors (Lipinski definition) is 1. The Bertz CT molecular complexity index is 757. The summed E-state index contributed by atoms with van der Waals surface area (Å²) < 4.78 is 32.4. The van der Waals surface area contributed by atoms with Crippen LogP contribution in [0, 0.1) is 0 Å². The fourth-order valence-corrected chi connectivity index (χ4v) is 3.05. The van der Waals surface area contributed by atoms with Crippen LogP contribution in [0.4, 0.5) is 5.69 Å². The zero-order valence-electron chi connectivity index (χ0n) is 12.3. The van der Waals surface area contributed by atoms with Crippen LogP contribution in [0.5, 0.6) is 5.75 Å². The van der Waals surface area contributed by atoms with Gasteiger partial charge in [-0.05, 0) is 29.8 Å². The molecule has 0 saturated carbocycles. The van der Waals surface area contributed by atoms with Crippen LogP contribution in [0.15, 0.2) is 53.4 Å². The fraction of sp³-hybridized carbons (Fsp3) is 0.188. The highest BCUT2D eigenvalue weighted by molar-refractivity contribution is 7.92. The van der Waals surface area contributed by atoms with E-state index < -0.39 is 10.0 Å². The van der Waals surface area contributed by atoms with Gasteiger partial charge < -0.3 is 9.53 Å². The highest BCUT2D eigenvalue weighted by Crippen LogP contribution is 2.30. The predicted molar refractivity (Wildman–Crippen MR) is 84.7 cm³/mol.